The van der Waals surface area contributed by atoms with E-state index < -0.39 is 0 Å². The minimum Gasteiger partial charge on any atom is -0.256 e. The molecule has 0 bridgehead atoms. The van der Waals surface area contributed by atoms with Crippen molar-refractivity contribution >= 4 is 32.9 Å². The second-order valence-electron chi connectivity index (χ2n) is 3.30. The maximum Gasteiger partial charge on any atom is 0.0707 e. The van der Waals surface area contributed by atoms with Gasteiger partial charge >= 0.3 is 0 Å². The van der Waals surface area contributed by atoms with E-state index in [9.17, 15) is 0 Å². The number of pyridine rings is 1. The molecule has 0 saturated heterocycles. The van der Waals surface area contributed by atoms with Crippen molar-refractivity contribution in [2.24, 2.45) is 0 Å². The average molecular weight is 262 g/mol. The van der Waals surface area contributed by atoms with Gasteiger partial charge in [-0.15, -0.1) is 0 Å². The topological polar surface area (TPSA) is 12.9 Å². The number of fused-ring (bicyclic) bond motifs is 1. The summed E-state index contributed by atoms with van der Waals surface area (Å²) in [5.74, 6) is 0. The summed E-state index contributed by atoms with van der Waals surface area (Å²) < 4.78 is 0. The second kappa shape index (κ2) is 5.08. The first kappa shape index (κ1) is 10.4. The minimum atomic E-state index is 1.01. The maximum absolute atomic E-state index is 4.33. The molecule has 1 aromatic carbocycles. The predicted octanol–water partition coefficient (Wildman–Crippen LogP) is 4.03. The van der Waals surface area contributed by atoms with Crippen molar-refractivity contribution in [3.63, 3.8) is 0 Å². The number of allylic oxidation sites excluding steroid dienone is 1. The summed E-state index contributed by atoms with van der Waals surface area (Å²) in [4.78, 5) is 4.33. The van der Waals surface area contributed by atoms with Crippen molar-refractivity contribution in [2.75, 3.05) is 5.33 Å². The molecule has 0 spiro atoms. The molecule has 1 heterocycles. The van der Waals surface area contributed by atoms with Crippen LogP contribution in [0.1, 0.15) is 12.0 Å². The van der Waals surface area contributed by atoms with Gasteiger partial charge in [-0.05, 0) is 24.1 Å². The van der Waals surface area contributed by atoms with Gasteiger partial charge in [0.05, 0.1) is 5.52 Å². The van der Waals surface area contributed by atoms with Crippen LogP contribution in [-0.2, 0) is 0 Å². The van der Waals surface area contributed by atoms with E-state index in [0.29, 0.717) is 0 Å². The van der Waals surface area contributed by atoms with Gasteiger partial charge in [-0.3, -0.25) is 4.98 Å². The molecule has 0 atom stereocenters. The molecule has 0 radical (unpaired) electrons. The third-order valence-corrected chi connectivity index (χ3v) is 2.71. The number of halogens is 1. The first-order valence-electron chi connectivity index (χ1n) is 4.98. The van der Waals surface area contributed by atoms with Gasteiger partial charge in [0, 0.05) is 16.9 Å². The molecule has 1 nitrogen and oxygen atoms in total. The summed E-state index contributed by atoms with van der Waals surface area (Å²) in [5, 5.41) is 2.22. The Balaban J connectivity index is 2.42. The lowest BCUT2D eigenvalue weighted by Crippen LogP contribution is -1.80. The molecular weight excluding hydrogens is 250 g/mol. The Morgan fingerprint density at radius 3 is 3.00 bits per heavy atom. The summed E-state index contributed by atoms with van der Waals surface area (Å²) in [6.07, 6.45) is 7.22. The summed E-state index contributed by atoms with van der Waals surface area (Å²) in [7, 11) is 0. The molecule has 2 aromatic rings. The number of benzene rings is 1. The van der Waals surface area contributed by atoms with Crippen molar-refractivity contribution in [3.8, 4) is 0 Å². The van der Waals surface area contributed by atoms with E-state index >= 15 is 0 Å². The second-order valence-corrected chi connectivity index (χ2v) is 4.09. The van der Waals surface area contributed by atoms with Crippen LogP contribution in [0.5, 0.6) is 0 Å². The van der Waals surface area contributed by atoms with Gasteiger partial charge in [-0.25, -0.2) is 0 Å². The molecule has 1 aromatic heterocycles. The molecule has 15 heavy (non-hydrogen) atoms. The van der Waals surface area contributed by atoms with Gasteiger partial charge in [0.15, 0.2) is 0 Å². The van der Waals surface area contributed by atoms with Gasteiger partial charge in [0.25, 0.3) is 0 Å². The van der Waals surface area contributed by atoms with Crippen LogP contribution in [0, 0.1) is 0 Å². The highest BCUT2D eigenvalue weighted by molar-refractivity contribution is 9.09. The van der Waals surface area contributed by atoms with Gasteiger partial charge in [-0.2, -0.15) is 0 Å². The summed E-state index contributed by atoms with van der Waals surface area (Å²) in [6.45, 7) is 0. The van der Waals surface area contributed by atoms with Crippen molar-refractivity contribution < 1.29 is 0 Å². The first-order valence-corrected chi connectivity index (χ1v) is 6.10. The lowest BCUT2D eigenvalue weighted by molar-refractivity contribution is 1.27. The van der Waals surface area contributed by atoms with Crippen LogP contribution in [0.2, 0.25) is 0 Å². The molecule has 0 unspecified atom stereocenters. The molecule has 0 aliphatic carbocycles. The molecule has 0 amide bonds. The SMILES string of the molecule is BrCCC=Cc1cccc2ncccc12. The summed E-state index contributed by atoms with van der Waals surface area (Å²) >= 11 is 3.41. The van der Waals surface area contributed by atoms with E-state index in [0.717, 1.165) is 17.3 Å². The van der Waals surface area contributed by atoms with Crippen LogP contribution in [0.4, 0.5) is 0 Å². The largest absolute Gasteiger partial charge is 0.256 e. The van der Waals surface area contributed by atoms with E-state index in [-0.39, 0.29) is 0 Å². The molecule has 0 saturated carbocycles. The summed E-state index contributed by atoms with van der Waals surface area (Å²) in [5.41, 5.74) is 2.29. The van der Waals surface area contributed by atoms with Crippen molar-refractivity contribution in [3.05, 3.63) is 48.2 Å². The van der Waals surface area contributed by atoms with Crippen LogP contribution in [0.25, 0.3) is 17.0 Å². The van der Waals surface area contributed by atoms with Crippen LogP contribution < -0.4 is 0 Å². The van der Waals surface area contributed by atoms with E-state index in [1.165, 1.54) is 10.9 Å². The number of aromatic nitrogens is 1. The van der Waals surface area contributed by atoms with E-state index in [1.807, 2.05) is 24.4 Å². The van der Waals surface area contributed by atoms with Gasteiger partial charge in [-0.1, -0.05) is 46.3 Å². The zero-order valence-corrected chi connectivity index (χ0v) is 9.94. The lowest BCUT2D eigenvalue weighted by atomic mass is 10.1. The molecule has 0 aliphatic rings. The van der Waals surface area contributed by atoms with Crippen molar-refractivity contribution in [1.29, 1.82) is 0 Å². The third kappa shape index (κ3) is 2.45. The van der Waals surface area contributed by atoms with Crippen LogP contribution in [-0.4, -0.2) is 10.3 Å². The smallest absolute Gasteiger partial charge is 0.0707 e. The van der Waals surface area contributed by atoms with Crippen molar-refractivity contribution in [1.82, 2.24) is 4.98 Å². The third-order valence-electron chi connectivity index (χ3n) is 2.25. The molecule has 2 rings (SSSR count). The van der Waals surface area contributed by atoms with E-state index in [4.69, 9.17) is 0 Å². The molecule has 0 N–H and O–H groups in total. The zero-order chi connectivity index (χ0) is 10.5. The van der Waals surface area contributed by atoms with Crippen LogP contribution in [0.3, 0.4) is 0 Å². The number of hydrogen-bond acceptors (Lipinski definition) is 1. The molecule has 0 fully saturated rings. The number of alkyl halides is 1. The number of rotatable bonds is 3. The Morgan fingerprint density at radius 1 is 1.20 bits per heavy atom. The zero-order valence-electron chi connectivity index (χ0n) is 8.36. The van der Waals surface area contributed by atoms with Gasteiger partial charge < -0.3 is 0 Å². The average Bonchev–Trinajstić information content (AvgIpc) is 2.30. The van der Waals surface area contributed by atoms with Gasteiger partial charge in [0.2, 0.25) is 0 Å². The van der Waals surface area contributed by atoms with Crippen molar-refractivity contribution in [2.45, 2.75) is 6.42 Å². The fourth-order valence-electron chi connectivity index (χ4n) is 1.55. The molecule has 2 heteroatoms. The molecular formula is C13H12BrN. The highest BCUT2D eigenvalue weighted by Crippen LogP contribution is 2.17. The normalized spacial score (nSPS) is 11.3. The Kier molecular flexibility index (Phi) is 3.51. The van der Waals surface area contributed by atoms with Crippen LogP contribution in [0.15, 0.2) is 42.6 Å². The Labute approximate surface area is 98.0 Å². The first-order chi connectivity index (χ1) is 7.42. The molecule has 0 aliphatic heterocycles. The highest BCUT2D eigenvalue weighted by Gasteiger charge is 1.96. The Morgan fingerprint density at radius 2 is 2.13 bits per heavy atom. The van der Waals surface area contributed by atoms with Gasteiger partial charge in [0.1, 0.15) is 0 Å². The molecule has 76 valence electrons. The summed E-state index contributed by atoms with van der Waals surface area (Å²) in [6, 6.07) is 10.3. The highest BCUT2D eigenvalue weighted by atomic mass is 79.9. The van der Waals surface area contributed by atoms with E-state index in [2.05, 4.69) is 45.2 Å². The van der Waals surface area contributed by atoms with E-state index in [1.54, 1.807) is 0 Å². The fraction of sp³-hybridized carbons (Fsp3) is 0.154. The minimum absolute atomic E-state index is 1.01. The Hall–Kier alpha value is -1.15. The lowest BCUT2D eigenvalue weighted by Gasteiger charge is -2.00. The Bertz CT molecular complexity index is 471. The maximum atomic E-state index is 4.33. The quantitative estimate of drug-likeness (QED) is 0.761. The van der Waals surface area contributed by atoms with Crippen LogP contribution >= 0.6 is 15.9 Å². The standard InChI is InChI=1S/C13H12BrN/c14-9-2-1-5-11-6-3-8-13-12(11)7-4-10-15-13/h1,3-8,10H,2,9H2. The fourth-order valence-corrected chi connectivity index (χ4v) is 1.81. The number of nitrogens with zero attached hydrogens (tertiary/aromatic N) is 1. The monoisotopic (exact) mass is 261 g/mol. The predicted molar refractivity (Wildman–Crippen MR) is 69.2 cm³/mol. The number of hydrogen-bond donors (Lipinski definition) is 0.